The molecule has 0 aliphatic carbocycles. The summed E-state index contributed by atoms with van der Waals surface area (Å²) in [6.07, 6.45) is -0.813. The third-order valence-corrected chi connectivity index (χ3v) is 3.34. The van der Waals surface area contributed by atoms with E-state index >= 15 is 0 Å². The number of aromatic nitrogens is 1. The minimum atomic E-state index is -0.964. The van der Waals surface area contributed by atoms with E-state index in [1.54, 1.807) is 0 Å². The summed E-state index contributed by atoms with van der Waals surface area (Å²) in [4.78, 5) is 15.0. The summed E-state index contributed by atoms with van der Waals surface area (Å²) in [6.45, 7) is 1.73. The van der Waals surface area contributed by atoms with Crippen molar-refractivity contribution in [3.63, 3.8) is 0 Å². The number of ether oxygens (including phenoxy) is 1. The highest BCUT2D eigenvalue weighted by Crippen LogP contribution is 2.23. The fraction of sp³-hybridized carbons (Fsp3) is 0.231. The Labute approximate surface area is 109 Å². The first-order valence-corrected chi connectivity index (χ1v) is 6.39. The van der Waals surface area contributed by atoms with Crippen molar-refractivity contribution in [2.45, 2.75) is 19.6 Å². The average molecular weight is 263 g/mol. The van der Waals surface area contributed by atoms with Crippen LogP contribution >= 0.6 is 11.3 Å². The molecule has 94 valence electrons. The molecule has 2 rings (SSSR count). The van der Waals surface area contributed by atoms with Gasteiger partial charge < -0.3 is 9.84 Å². The fourth-order valence-corrected chi connectivity index (χ4v) is 2.18. The van der Waals surface area contributed by atoms with Crippen LogP contribution in [0.3, 0.4) is 0 Å². The van der Waals surface area contributed by atoms with E-state index in [-0.39, 0.29) is 6.61 Å². The van der Waals surface area contributed by atoms with Gasteiger partial charge in [0.1, 0.15) is 5.01 Å². The maximum absolute atomic E-state index is 10.6. The summed E-state index contributed by atoms with van der Waals surface area (Å²) in [6, 6.07) is 9.85. The minimum Gasteiger partial charge on any atom is -0.479 e. The Hall–Kier alpha value is -1.72. The summed E-state index contributed by atoms with van der Waals surface area (Å²) in [5, 5.41) is 11.5. The number of aliphatic carboxylic acids is 1. The van der Waals surface area contributed by atoms with E-state index in [9.17, 15) is 4.79 Å². The number of hydrogen-bond acceptors (Lipinski definition) is 4. The molecule has 18 heavy (non-hydrogen) atoms. The van der Waals surface area contributed by atoms with Crippen LogP contribution in [0.2, 0.25) is 0 Å². The Morgan fingerprint density at radius 2 is 2.17 bits per heavy atom. The molecule has 0 bridgehead atoms. The highest BCUT2D eigenvalue weighted by Gasteiger charge is 2.12. The number of rotatable bonds is 5. The Morgan fingerprint density at radius 1 is 1.44 bits per heavy atom. The van der Waals surface area contributed by atoms with Crippen molar-refractivity contribution >= 4 is 17.3 Å². The zero-order chi connectivity index (χ0) is 13.0. The second-order valence-electron chi connectivity index (χ2n) is 3.80. The summed E-state index contributed by atoms with van der Waals surface area (Å²) >= 11 is 1.52. The molecule has 0 radical (unpaired) electrons. The largest absolute Gasteiger partial charge is 0.479 e. The van der Waals surface area contributed by atoms with Crippen LogP contribution < -0.4 is 0 Å². The van der Waals surface area contributed by atoms with E-state index in [0.717, 1.165) is 16.3 Å². The van der Waals surface area contributed by atoms with Gasteiger partial charge in [0.05, 0.1) is 12.3 Å². The monoisotopic (exact) mass is 263 g/mol. The molecule has 1 heterocycles. The van der Waals surface area contributed by atoms with E-state index in [1.165, 1.54) is 18.3 Å². The first kappa shape index (κ1) is 12.7. The second kappa shape index (κ2) is 5.75. The van der Waals surface area contributed by atoms with Gasteiger partial charge in [-0.05, 0) is 6.92 Å². The number of nitrogens with zero attached hydrogens (tertiary/aromatic N) is 1. The van der Waals surface area contributed by atoms with Gasteiger partial charge in [0.15, 0.2) is 6.10 Å². The van der Waals surface area contributed by atoms with E-state index in [4.69, 9.17) is 9.84 Å². The van der Waals surface area contributed by atoms with Crippen LogP contribution in [0.4, 0.5) is 0 Å². The zero-order valence-electron chi connectivity index (χ0n) is 9.87. The van der Waals surface area contributed by atoms with Crippen molar-refractivity contribution in [1.82, 2.24) is 4.98 Å². The molecule has 0 saturated heterocycles. The molecule has 0 unspecified atom stereocenters. The van der Waals surface area contributed by atoms with Crippen LogP contribution in [0.1, 0.15) is 12.6 Å². The zero-order valence-corrected chi connectivity index (χ0v) is 10.7. The molecule has 0 aliphatic rings. The third kappa shape index (κ3) is 3.15. The topological polar surface area (TPSA) is 59.4 Å². The van der Waals surface area contributed by atoms with Crippen LogP contribution in [0.5, 0.6) is 0 Å². The van der Waals surface area contributed by atoms with Crippen LogP contribution in [0.15, 0.2) is 35.7 Å². The van der Waals surface area contributed by atoms with Gasteiger partial charge in [-0.2, -0.15) is 0 Å². The van der Waals surface area contributed by atoms with Gasteiger partial charge in [-0.3, -0.25) is 0 Å². The Bertz CT molecular complexity index is 524. The lowest BCUT2D eigenvalue weighted by Gasteiger charge is -2.05. The molecular formula is C13H13NO3S. The molecule has 0 aliphatic heterocycles. The summed E-state index contributed by atoms with van der Waals surface area (Å²) in [7, 11) is 0. The Balaban J connectivity index is 2.01. The van der Waals surface area contributed by atoms with E-state index in [2.05, 4.69) is 4.98 Å². The standard InChI is InChI=1S/C13H13NO3S/c1-9(13(15)16)17-7-11-8-18-12(14-11)10-5-3-2-4-6-10/h2-6,8-9H,7H2,1H3,(H,15,16)/t9-/m1/s1. The first-order valence-electron chi connectivity index (χ1n) is 5.51. The summed E-state index contributed by atoms with van der Waals surface area (Å²) in [5.41, 5.74) is 1.81. The predicted molar refractivity (Wildman–Crippen MR) is 69.4 cm³/mol. The predicted octanol–water partition coefficient (Wildman–Crippen LogP) is 2.80. The molecule has 1 aromatic heterocycles. The molecule has 0 amide bonds. The summed E-state index contributed by atoms with van der Waals surface area (Å²) < 4.78 is 5.18. The number of carboxylic acids is 1. The van der Waals surface area contributed by atoms with Crippen molar-refractivity contribution < 1.29 is 14.6 Å². The van der Waals surface area contributed by atoms with Crippen molar-refractivity contribution in [3.05, 3.63) is 41.4 Å². The van der Waals surface area contributed by atoms with Gasteiger partial charge in [-0.1, -0.05) is 30.3 Å². The highest BCUT2D eigenvalue weighted by molar-refractivity contribution is 7.13. The lowest BCUT2D eigenvalue weighted by molar-refractivity contribution is -0.149. The SMILES string of the molecule is C[C@@H](OCc1csc(-c2ccccc2)n1)C(=O)O. The smallest absolute Gasteiger partial charge is 0.332 e. The number of benzene rings is 1. The van der Waals surface area contributed by atoms with Crippen molar-refractivity contribution in [3.8, 4) is 10.6 Å². The molecule has 5 heteroatoms. The minimum absolute atomic E-state index is 0.219. The maximum Gasteiger partial charge on any atom is 0.332 e. The molecule has 1 N–H and O–H groups in total. The van der Waals surface area contributed by atoms with Crippen LogP contribution in [0.25, 0.3) is 10.6 Å². The lowest BCUT2D eigenvalue weighted by atomic mass is 10.2. The van der Waals surface area contributed by atoms with Gasteiger partial charge >= 0.3 is 5.97 Å². The fourth-order valence-electron chi connectivity index (χ4n) is 1.37. The van der Waals surface area contributed by atoms with Gasteiger partial charge in [-0.25, -0.2) is 9.78 Å². The Morgan fingerprint density at radius 3 is 2.83 bits per heavy atom. The van der Waals surface area contributed by atoms with Crippen molar-refractivity contribution in [1.29, 1.82) is 0 Å². The molecule has 2 aromatic rings. The molecule has 0 saturated carbocycles. The number of carboxylic acid groups (broad SMARTS) is 1. The van der Waals surface area contributed by atoms with E-state index < -0.39 is 12.1 Å². The van der Waals surface area contributed by atoms with E-state index in [1.807, 2.05) is 35.7 Å². The van der Waals surface area contributed by atoms with Crippen molar-refractivity contribution in [2.75, 3.05) is 0 Å². The number of thiazole rings is 1. The number of carbonyl (C=O) groups is 1. The maximum atomic E-state index is 10.6. The van der Waals surface area contributed by atoms with Gasteiger partial charge in [0.25, 0.3) is 0 Å². The second-order valence-corrected chi connectivity index (χ2v) is 4.66. The van der Waals surface area contributed by atoms with Crippen LogP contribution in [-0.4, -0.2) is 22.2 Å². The average Bonchev–Trinajstić information content (AvgIpc) is 2.85. The molecule has 1 aromatic carbocycles. The van der Waals surface area contributed by atoms with Crippen LogP contribution in [-0.2, 0) is 16.1 Å². The first-order chi connectivity index (χ1) is 8.66. The number of hydrogen-bond donors (Lipinski definition) is 1. The molecular weight excluding hydrogens is 250 g/mol. The van der Waals surface area contributed by atoms with E-state index in [0.29, 0.717) is 0 Å². The highest BCUT2D eigenvalue weighted by atomic mass is 32.1. The normalized spacial score (nSPS) is 12.3. The Kier molecular flexibility index (Phi) is 4.07. The van der Waals surface area contributed by atoms with Gasteiger partial charge in [0.2, 0.25) is 0 Å². The molecule has 0 fully saturated rings. The van der Waals surface area contributed by atoms with Crippen molar-refractivity contribution in [2.24, 2.45) is 0 Å². The molecule has 4 nitrogen and oxygen atoms in total. The molecule has 0 spiro atoms. The quantitative estimate of drug-likeness (QED) is 0.901. The van der Waals surface area contributed by atoms with Gasteiger partial charge in [0, 0.05) is 10.9 Å². The molecule has 1 atom stereocenters. The lowest BCUT2D eigenvalue weighted by Crippen LogP contribution is -2.19. The third-order valence-electron chi connectivity index (χ3n) is 2.40. The summed E-state index contributed by atoms with van der Waals surface area (Å²) in [5.74, 6) is -0.964. The van der Waals surface area contributed by atoms with Crippen LogP contribution in [0, 0.1) is 0 Å². The van der Waals surface area contributed by atoms with Gasteiger partial charge in [-0.15, -0.1) is 11.3 Å².